The third-order valence-corrected chi connectivity index (χ3v) is 1.50. The minimum absolute atomic E-state index is 0.0801. The Bertz CT molecular complexity index is 270. The molecule has 0 spiro atoms. The first kappa shape index (κ1) is 10.6. The van der Waals surface area contributed by atoms with E-state index in [0.29, 0.717) is 25.0 Å². The molecule has 0 aromatic carbocycles. The van der Waals surface area contributed by atoms with Crippen LogP contribution in [0.5, 0.6) is 0 Å². The maximum absolute atomic E-state index is 11.2. The molecule has 1 aromatic heterocycles. The van der Waals surface area contributed by atoms with Crippen LogP contribution in [-0.2, 0) is 11.3 Å². The summed E-state index contributed by atoms with van der Waals surface area (Å²) in [6, 6.07) is 0.297. The molecule has 1 aromatic rings. The quantitative estimate of drug-likeness (QED) is 0.553. The van der Waals surface area contributed by atoms with Crippen molar-refractivity contribution in [3.8, 4) is 0 Å². The molecule has 3 N–H and O–H groups in total. The molecule has 7 nitrogen and oxygen atoms in total. The molecule has 0 saturated carbocycles. The van der Waals surface area contributed by atoms with Crippen LogP contribution in [0.3, 0.4) is 0 Å². The van der Waals surface area contributed by atoms with Crippen LogP contribution in [0, 0.1) is 0 Å². The van der Waals surface area contributed by atoms with Crippen molar-refractivity contribution in [2.75, 3.05) is 6.54 Å². The predicted octanol–water partition coefficient (Wildman–Crippen LogP) is -1.19. The van der Waals surface area contributed by atoms with E-state index in [2.05, 4.69) is 31.3 Å². The van der Waals surface area contributed by atoms with Gasteiger partial charge in [0.1, 0.15) is 0 Å². The molecule has 0 aliphatic rings. The number of carbonyl (C=O) groups excluding carboxylic acids is 1. The lowest BCUT2D eigenvalue weighted by Crippen LogP contribution is -2.36. The molecule has 1 rings (SSSR count). The standard InChI is InChI=1S/C7H14N6O/c1-5(2)8-4-7(14)9-3-6-10-12-13-11-6/h5,8H,3-4H2,1-2H3,(H,9,14)(H,10,11,12,13). The summed E-state index contributed by atoms with van der Waals surface area (Å²) in [4.78, 5) is 11.2. The van der Waals surface area contributed by atoms with Gasteiger partial charge in [-0.3, -0.25) is 4.79 Å². The van der Waals surface area contributed by atoms with Crippen molar-refractivity contribution in [3.63, 3.8) is 0 Å². The maximum atomic E-state index is 11.2. The zero-order valence-corrected chi connectivity index (χ0v) is 8.24. The zero-order chi connectivity index (χ0) is 10.4. The lowest BCUT2D eigenvalue weighted by Gasteiger charge is -2.07. The number of nitrogens with one attached hydrogen (secondary N) is 3. The van der Waals surface area contributed by atoms with Gasteiger partial charge in [0.05, 0.1) is 13.1 Å². The van der Waals surface area contributed by atoms with Gasteiger partial charge in [-0.05, 0) is 0 Å². The van der Waals surface area contributed by atoms with Gasteiger partial charge in [-0.15, -0.1) is 10.2 Å². The molecule has 0 saturated heterocycles. The molecule has 0 aliphatic heterocycles. The number of amides is 1. The Balaban J connectivity index is 2.15. The molecule has 0 fully saturated rings. The summed E-state index contributed by atoms with van der Waals surface area (Å²) < 4.78 is 0. The number of carbonyl (C=O) groups is 1. The van der Waals surface area contributed by atoms with E-state index >= 15 is 0 Å². The van der Waals surface area contributed by atoms with Crippen molar-refractivity contribution in [1.29, 1.82) is 0 Å². The zero-order valence-electron chi connectivity index (χ0n) is 8.24. The van der Waals surface area contributed by atoms with Crippen LogP contribution < -0.4 is 10.6 Å². The highest BCUT2D eigenvalue weighted by Gasteiger charge is 2.03. The smallest absolute Gasteiger partial charge is 0.234 e. The van der Waals surface area contributed by atoms with E-state index in [1.54, 1.807) is 0 Å². The molecular weight excluding hydrogens is 184 g/mol. The first-order valence-corrected chi connectivity index (χ1v) is 4.41. The Morgan fingerprint density at radius 3 is 2.93 bits per heavy atom. The normalized spacial score (nSPS) is 10.5. The fraction of sp³-hybridized carbons (Fsp3) is 0.714. The summed E-state index contributed by atoms with van der Waals surface area (Å²) in [5, 5.41) is 18.7. The van der Waals surface area contributed by atoms with E-state index in [9.17, 15) is 4.79 Å². The molecule has 0 bridgehead atoms. The monoisotopic (exact) mass is 198 g/mol. The molecule has 0 radical (unpaired) electrons. The van der Waals surface area contributed by atoms with E-state index in [-0.39, 0.29) is 5.91 Å². The van der Waals surface area contributed by atoms with Crippen molar-refractivity contribution < 1.29 is 4.79 Å². The summed E-state index contributed by atoms with van der Waals surface area (Å²) in [7, 11) is 0. The summed E-state index contributed by atoms with van der Waals surface area (Å²) in [5.74, 6) is 0.395. The van der Waals surface area contributed by atoms with Crippen LogP contribution in [0.15, 0.2) is 0 Å². The van der Waals surface area contributed by atoms with Crippen molar-refractivity contribution in [3.05, 3.63) is 5.82 Å². The van der Waals surface area contributed by atoms with Crippen molar-refractivity contribution >= 4 is 5.91 Å². The predicted molar refractivity (Wildman–Crippen MR) is 49.2 cm³/mol. The number of H-pyrrole nitrogens is 1. The highest BCUT2D eigenvalue weighted by Crippen LogP contribution is 1.81. The molecule has 1 heterocycles. The summed E-state index contributed by atoms with van der Waals surface area (Å²) >= 11 is 0. The first-order valence-electron chi connectivity index (χ1n) is 4.41. The van der Waals surface area contributed by atoms with Gasteiger partial charge >= 0.3 is 0 Å². The van der Waals surface area contributed by atoms with Crippen LogP contribution in [-0.4, -0.2) is 39.1 Å². The SMILES string of the molecule is CC(C)NCC(=O)NCc1nn[nH]n1. The maximum Gasteiger partial charge on any atom is 0.234 e. The van der Waals surface area contributed by atoms with Crippen molar-refractivity contribution in [2.45, 2.75) is 26.4 Å². The summed E-state index contributed by atoms with van der Waals surface area (Å²) in [6.07, 6.45) is 0. The number of aromatic nitrogens is 4. The number of nitrogens with zero attached hydrogens (tertiary/aromatic N) is 3. The average molecular weight is 198 g/mol. The molecule has 78 valence electrons. The highest BCUT2D eigenvalue weighted by molar-refractivity contribution is 5.77. The Morgan fingerprint density at radius 2 is 2.36 bits per heavy atom. The van der Waals surface area contributed by atoms with Crippen molar-refractivity contribution in [1.82, 2.24) is 31.3 Å². The topological polar surface area (TPSA) is 95.6 Å². The van der Waals surface area contributed by atoms with E-state index in [4.69, 9.17) is 0 Å². The molecular formula is C7H14N6O. The average Bonchev–Trinajstić information content (AvgIpc) is 2.63. The van der Waals surface area contributed by atoms with Gasteiger partial charge in [0.15, 0.2) is 5.82 Å². The largest absolute Gasteiger partial charge is 0.348 e. The van der Waals surface area contributed by atoms with E-state index in [1.807, 2.05) is 13.8 Å². The highest BCUT2D eigenvalue weighted by atomic mass is 16.1. The second-order valence-corrected chi connectivity index (χ2v) is 3.14. The van der Waals surface area contributed by atoms with Gasteiger partial charge in [-0.1, -0.05) is 19.1 Å². The number of hydrogen-bond donors (Lipinski definition) is 3. The lowest BCUT2D eigenvalue weighted by molar-refractivity contribution is -0.120. The Hall–Kier alpha value is -1.50. The van der Waals surface area contributed by atoms with Crippen LogP contribution >= 0.6 is 0 Å². The number of rotatable bonds is 5. The summed E-state index contributed by atoms with van der Waals surface area (Å²) in [6.45, 7) is 4.56. The van der Waals surface area contributed by atoms with Gasteiger partial charge in [-0.2, -0.15) is 5.21 Å². The van der Waals surface area contributed by atoms with Crippen LogP contribution in [0.1, 0.15) is 19.7 Å². The molecule has 1 amide bonds. The Kier molecular flexibility index (Phi) is 3.99. The molecule has 7 heteroatoms. The van der Waals surface area contributed by atoms with Crippen molar-refractivity contribution in [2.24, 2.45) is 0 Å². The number of hydrogen-bond acceptors (Lipinski definition) is 5. The minimum atomic E-state index is -0.0801. The van der Waals surface area contributed by atoms with Gasteiger partial charge < -0.3 is 10.6 Å². The minimum Gasteiger partial charge on any atom is -0.348 e. The first-order chi connectivity index (χ1) is 6.68. The van der Waals surface area contributed by atoms with Crippen LogP contribution in [0.2, 0.25) is 0 Å². The third-order valence-electron chi connectivity index (χ3n) is 1.50. The molecule has 0 unspecified atom stereocenters. The van der Waals surface area contributed by atoms with E-state index in [1.165, 1.54) is 0 Å². The van der Waals surface area contributed by atoms with Gasteiger partial charge in [0.2, 0.25) is 5.91 Å². The Labute approximate surface area is 81.7 Å². The van der Waals surface area contributed by atoms with Crippen LogP contribution in [0.4, 0.5) is 0 Å². The van der Waals surface area contributed by atoms with Crippen LogP contribution in [0.25, 0.3) is 0 Å². The Morgan fingerprint density at radius 1 is 1.57 bits per heavy atom. The molecule has 0 aliphatic carbocycles. The van der Waals surface area contributed by atoms with E-state index < -0.39 is 0 Å². The second-order valence-electron chi connectivity index (χ2n) is 3.14. The fourth-order valence-electron chi connectivity index (χ4n) is 0.794. The summed E-state index contributed by atoms with van der Waals surface area (Å²) in [5.41, 5.74) is 0. The number of tetrazole rings is 1. The molecule has 14 heavy (non-hydrogen) atoms. The second kappa shape index (κ2) is 5.28. The fourth-order valence-corrected chi connectivity index (χ4v) is 0.794. The van der Waals surface area contributed by atoms with Gasteiger partial charge in [0, 0.05) is 6.04 Å². The number of aromatic amines is 1. The third kappa shape index (κ3) is 3.94. The van der Waals surface area contributed by atoms with Gasteiger partial charge in [-0.25, -0.2) is 0 Å². The lowest BCUT2D eigenvalue weighted by atomic mass is 10.4. The van der Waals surface area contributed by atoms with E-state index in [0.717, 1.165) is 0 Å². The molecule has 0 atom stereocenters. The van der Waals surface area contributed by atoms with Gasteiger partial charge in [0.25, 0.3) is 0 Å².